The van der Waals surface area contributed by atoms with Crippen molar-refractivity contribution >= 4 is 0 Å². The van der Waals surface area contributed by atoms with Crippen LogP contribution in [-0.2, 0) is 0 Å². The summed E-state index contributed by atoms with van der Waals surface area (Å²) in [5, 5.41) is 10.1. The van der Waals surface area contributed by atoms with Gasteiger partial charge in [0.2, 0.25) is 0 Å². The lowest BCUT2D eigenvalue weighted by Gasteiger charge is -2.66. The smallest absolute Gasteiger partial charge is 0.0568 e. The predicted octanol–water partition coefficient (Wildman–Crippen LogP) is 3.36. The summed E-state index contributed by atoms with van der Waals surface area (Å²) in [6.45, 7) is 6.96. The molecule has 15 heavy (non-hydrogen) atoms. The largest absolute Gasteiger partial charge is 0.393 e. The molecule has 4 bridgehead atoms. The van der Waals surface area contributed by atoms with Crippen LogP contribution >= 0.6 is 0 Å². The molecule has 4 saturated carbocycles. The van der Waals surface area contributed by atoms with Crippen LogP contribution in [0.4, 0.5) is 0 Å². The zero-order valence-electron chi connectivity index (χ0n) is 10.3. The van der Waals surface area contributed by atoms with Crippen molar-refractivity contribution in [2.24, 2.45) is 22.2 Å². The van der Waals surface area contributed by atoms with E-state index in [4.69, 9.17) is 0 Å². The summed E-state index contributed by atoms with van der Waals surface area (Å²) in [6, 6.07) is 0. The number of hydrogen-bond donors (Lipinski definition) is 1. The van der Waals surface area contributed by atoms with Crippen LogP contribution in [0.15, 0.2) is 0 Å². The molecular weight excluding hydrogens is 184 g/mol. The van der Waals surface area contributed by atoms with Crippen molar-refractivity contribution in [1.82, 2.24) is 0 Å². The predicted molar refractivity (Wildman–Crippen MR) is 61.5 cm³/mol. The molecule has 0 saturated heterocycles. The van der Waals surface area contributed by atoms with E-state index in [9.17, 15) is 5.11 Å². The van der Waals surface area contributed by atoms with Crippen molar-refractivity contribution in [2.45, 2.75) is 65.4 Å². The summed E-state index contributed by atoms with van der Waals surface area (Å²) in [4.78, 5) is 0. The lowest BCUT2D eigenvalue weighted by atomic mass is 9.39. The van der Waals surface area contributed by atoms with E-state index in [-0.39, 0.29) is 11.5 Å². The Balaban J connectivity index is 2.02. The lowest BCUT2D eigenvalue weighted by molar-refractivity contribution is -0.181. The molecule has 0 aromatic carbocycles. The standard InChI is InChI=1S/C14H24O/c1-10(15)14-6-11-4-12(2,8-14)7-13(3,5-11)9-14/h10-11,15H,4-9H2,1-3H3/t10-,11?,12?,13?,14?/m1/s1. The minimum Gasteiger partial charge on any atom is -0.393 e. The molecule has 0 radical (unpaired) electrons. The third-order valence-electron chi connectivity index (χ3n) is 5.56. The van der Waals surface area contributed by atoms with E-state index in [1.807, 2.05) is 6.92 Å². The second kappa shape index (κ2) is 2.61. The number of aliphatic hydroxyl groups is 1. The maximum absolute atomic E-state index is 10.1. The van der Waals surface area contributed by atoms with Gasteiger partial charge < -0.3 is 5.11 Å². The van der Waals surface area contributed by atoms with E-state index in [0.29, 0.717) is 10.8 Å². The number of rotatable bonds is 1. The van der Waals surface area contributed by atoms with Gasteiger partial charge in [-0.1, -0.05) is 13.8 Å². The van der Waals surface area contributed by atoms with Crippen molar-refractivity contribution < 1.29 is 5.11 Å². The minimum atomic E-state index is -0.0976. The highest BCUT2D eigenvalue weighted by Crippen LogP contribution is 2.70. The Morgan fingerprint density at radius 1 is 1.00 bits per heavy atom. The molecule has 3 atom stereocenters. The lowest BCUT2D eigenvalue weighted by Crippen LogP contribution is -2.58. The van der Waals surface area contributed by atoms with Gasteiger partial charge >= 0.3 is 0 Å². The summed E-state index contributed by atoms with van der Waals surface area (Å²) in [5.74, 6) is 0.908. The van der Waals surface area contributed by atoms with Crippen molar-refractivity contribution in [2.75, 3.05) is 0 Å². The van der Waals surface area contributed by atoms with Crippen LogP contribution < -0.4 is 0 Å². The van der Waals surface area contributed by atoms with Gasteiger partial charge in [-0.2, -0.15) is 0 Å². The van der Waals surface area contributed by atoms with Gasteiger partial charge in [-0.05, 0) is 67.6 Å². The Morgan fingerprint density at radius 3 is 1.93 bits per heavy atom. The first-order chi connectivity index (χ1) is 6.85. The maximum Gasteiger partial charge on any atom is 0.0568 e. The van der Waals surface area contributed by atoms with Crippen LogP contribution in [0.5, 0.6) is 0 Å². The topological polar surface area (TPSA) is 20.2 Å². The average Bonchev–Trinajstić information content (AvgIpc) is 1.95. The van der Waals surface area contributed by atoms with Crippen LogP contribution in [-0.4, -0.2) is 11.2 Å². The van der Waals surface area contributed by atoms with Gasteiger partial charge in [0.05, 0.1) is 6.10 Å². The second-order valence-corrected chi connectivity index (χ2v) is 7.67. The molecular formula is C14H24O. The molecule has 0 aromatic rings. The zero-order chi connectivity index (χ0) is 10.9. The first kappa shape index (κ1) is 10.1. The highest BCUT2D eigenvalue weighted by atomic mass is 16.3. The minimum absolute atomic E-state index is 0.0976. The fourth-order valence-corrected chi connectivity index (χ4v) is 6.00. The molecule has 2 unspecified atom stereocenters. The monoisotopic (exact) mass is 208 g/mol. The normalized spacial score (nSPS) is 59.6. The third kappa shape index (κ3) is 1.32. The molecule has 4 aliphatic rings. The molecule has 4 aliphatic carbocycles. The summed E-state index contributed by atoms with van der Waals surface area (Å²) in [6.07, 6.45) is 8.03. The Bertz CT molecular complexity index is 276. The van der Waals surface area contributed by atoms with Crippen LogP contribution in [0.25, 0.3) is 0 Å². The van der Waals surface area contributed by atoms with E-state index < -0.39 is 0 Å². The third-order valence-corrected chi connectivity index (χ3v) is 5.56. The van der Waals surface area contributed by atoms with E-state index in [1.165, 1.54) is 38.5 Å². The molecule has 0 aromatic heterocycles. The summed E-state index contributed by atoms with van der Waals surface area (Å²) >= 11 is 0. The first-order valence-electron chi connectivity index (χ1n) is 6.53. The summed E-state index contributed by atoms with van der Waals surface area (Å²) in [7, 11) is 0. The molecule has 1 heteroatoms. The number of aliphatic hydroxyl groups excluding tert-OH is 1. The quantitative estimate of drug-likeness (QED) is 0.700. The Hall–Kier alpha value is -0.0400. The van der Waals surface area contributed by atoms with Gasteiger partial charge in [0, 0.05) is 0 Å². The summed E-state index contributed by atoms with van der Waals surface area (Å²) in [5.41, 5.74) is 1.37. The summed E-state index contributed by atoms with van der Waals surface area (Å²) < 4.78 is 0. The van der Waals surface area contributed by atoms with Crippen molar-refractivity contribution in [3.63, 3.8) is 0 Å². The SMILES string of the molecule is C[C@@H](O)C12CC3CC(C)(CC(C)(C3)C1)C2. The Morgan fingerprint density at radius 2 is 1.53 bits per heavy atom. The van der Waals surface area contributed by atoms with Crippen molar-refractivity contribution in [3.05, 3.63) is 0 Å². The van der Waals surface area contributed by atoms with E-state index in [1.54, 1.807) is 0 Å². The second-order valence-electron chi connectivity index (χ2n) is 7.67. The highest BCUT2D eigenvalue weighted by Gasteiger charge is 2.61. The first-order valence-corrected chi connectivity index (χ1v) is 6.53. The molecule has 0 amide bonds. The average molecular weight is 208 g/mol. The molecule has 0 spiro atoms. The molecule has 86 valence electrons. The fraction of sp³-hybridized carbons (Fsp3) is 1.00. The van der Waals surface area contributed by atoms with Crippen LogP contribution in [0.1, 0.15) is 59.3 Å². The van der Waals surface area contributed by atoms with Crippen molar-refractivity contribution in [1.29, 1.82) is 0 Å². The van der Waals surface area contributed by atoms with Gasteiger partial charge in [-0.3, -0.25) is 0 Å². The molecule has 1 N–H and O–H groups in total. The van der Waals surface area contributed by atoms with Gasteiger partial charge in [0.25, 0.3) is 0 Å². The zero-order valence-corrected chi connectivity index (χ0v) is 10.3. The Labute approximate surface area is 93.3 Å². The molecule has 4 rings (SSSR count). The van der Waals surface area contributed by atoms with Gasteiger partial charge in [0.1, 0.15) is 0 Å². The van der Waals surface area contributed by atoms with Crippen molar-refractivity contribution in [3.8, 4) is 0 Å². The van der Waals surface area contributed by atoms with E-state index in [0.717, 1.165) is 5.92 Å². The fourth-order valence-electron chi connectivity index (χ4n) is 6.00. The van der Waals surface area contributed by atoms with E-state index >= 15 is 0 Å². The van der Waals surface area contributed by atoms with Gasteiger partial charge in [-0.15, -0.1) is 0 Å². The van der Waals surface area contributed by atoms with Crippen LogP contribution in [0, 0.1) is 22.2 Å². The number of hydrogen-bond acceptors (Lipinski definition) is 1. The molecule has 0 heterocycles. The highest BCUT2D eigenvalue weighted by molar-refractivity contribution is 5.11. The molecule has 0 aliphatic heterocycles. The van der Waals surface area contributed by atoms with Crippen LogP contribution in [0.2, 0.25) is 0 Å². The molecule has 1 nitrogen and oxygen atoms in total. The van der Waals surface area contributed by atoms with Crippen LogP contribution in [0.3, 0.4) is 0 Å². The molecule has 4 fully saturated rings. The van der Waals surface area contributed by atoms with Gasteiger partial charge in [0.15, 0.2) is 0 Å². The maximum atomic E-state index is 10.1. The van der Waals surface area contributed by atoms with E-state index in [2.05, 4.69) is 13.8 Å². The van der Waals surface area contributed by atoms with Gasteiger partial charge in [-0.25, -0.2) is 0 Å². The Kier molecular flexibility index (Phi) is 1.77.